The van der Waals surface area contributed by atoms with Crippen LogP contribution in [-0.4, -0.2) is 39.7 Å². The molecular weight excluding hydrogens is 524 g/mol. The van der Waals surface area contributed by atoms with Crippen molar-refractivity contribution >= 4 is 23.3 Å². The van der Waals surface area contributed by atoms with Gasteiger partial charge in [-0.15, -0.1) is 0 Å². The Kier molecular flexibility index (Phi) is 8.54. The fourth-order valence-corrected chi connectivity index (χ4v) is 5.46. The second-order valence-electron chi connectivity index (χ2n) is 12.2. The van der Waals surface area contributed by atoms with Crippen LogP contribution in [0.4, 0.5) is 16.3 Å². The van der Waals surface area contributed by atoms with Crippen molar-refractivity contribution in [2.75, 3.05) is 23.7 Å². The Hall–Kier alpha value is -4.30. The number of pyridine rings is 1. The molecule has 8 heteroatoms. The number of carbonyl (C=O) groups excluding carboxylic acids is 2. The summed E-state index contributed by atoms with van der Waals surface area (Å²) in [5.74, 6) is 0.433. The molecule has 0 bridgehead atoms. The average molecular weight is 565 g/mol. The van der Waals surface area contributed by atoms with Crippen LogP contribution in [0.1, 0.15) is 72.5 Å². The first-order valence-electron chi connectivity index (χ1n) is 14.6. The van der Waals surface area contributed by atoms with Crippen molar-refractivity contribution in [1.82, 2.24) is 20.1 Å². The number of nitrogens with one attached hydrogen (secondary N) is 3. The first kappa shape index (κ1) is 29.2. The molecule has 0 radical (unpaired) electrons. The highest BCUT2D eigenvalue weighted by Crippen LogP contribution is 2.35. The summed E-state index contributed by atoms with van der Waals surface area (Å²) in [5.41, 5.74) is 5.48. The lowest BCUT2D eigenvalue weighted by atomic mass is 9.77. The molecule has 218 valence electrons. The third-order valence-corrected chi connectivity index (χ3v) is 7.78. The number of aryl methyl sites for hydroxylation is 2. The van der Waals surface area contributed by atoms with E-state index in [0.29, 0.717) is 17.2 Å². The molecular formula is C34H40N6O2. The molecule has 1 atom stereocenters. The molecule has 2 aromatic carbocycles. The topological polar surface area (TPSA) is 101 Å². The number of ketones is 1. The van der Waals surface area contributed by atoms with Crippen LogP contribution < -0.4 is 16.0 Å². The molecule has 0 spiro atoms. The number of hydrogen-bond donors (Lipinski definition) is 3. The van der Waals surface area contributed by atoms with Crippen molar-refractivity contribution < 1.29 is 9.59 Å². The number of urea groups is 1. The zero-order valence-electron chi connectivity index (χ0n) is 25.1. The predicted molar refractivity (Wildman–Crippen MR) is 168 cm³/mol. The Labute approximate surface area is 248 Å². The van der Waals surface area contributed by atoms with Gasteiger partial charge in [-0.25, -0.2) is 9.48 Å². The van der Waals surface area contributed by atoms with Gasteiger partial charge in [0.1, 0.15) is 11.5 Å². The van der Waals surface area contributed by atoms with Crippen molar-refractivity contribution in [1.29, 1.82) is 0 Å². The number of hydrogen-bond acceptors (Lipinski definition) is 5. The smallest absolute Gasteiger partial charge is 0.317 e. The molecule has 2 amide bonds. The maximum Gasteiger partial charge on any atom is 0.324 e. The number of anilines is 2. The summed E-state index contributed by atoms with van der Waals surface area (Å²) in [6, 6.07) is 22.8. The zero-order chi connectivity index (χ0) is 29.9. The summed E-state index contributed by atoms with van der Waals surface area (Å²) < 4.78 is 1.76. The Bertz CT molecular complexity index is 1560. The van der Waals surface area contributed by atoms with Crippen molar-refractivity contribution in [2.24, 2.45) is 5.92 Å². The molecule has 1 saturated heterocycles. The number of aromatic nitrogens is 3. The molecule has 2 aromatic heterocycles. The molecule has 0 aliphatic carbocycles. The highest BCUT2D eigenvalue weighted by atomic mass is 16.2. The van der Waals surface area contributed by atoms with E-state index in [9.17, 15) is 9.59 Å². The maximum atomic E-state index is 13.9. The van der Waals surface area contributed by atoms with E-state index in [0.717, 1.165) is 54.1 Å². The number of amides is 2. The second kappa shape index (κ2) is 12.3. The molecule has 8 nitrogen and oxygen atoms in total. The standard InChI is InChI=1S/C34H40N6O2/c1-22-12-14-27(15-13-22)40-30(21-29(39-40)34(3,4)5)38-33(42)37-26-10-7-9-25(20-26)31(24-16-18-35-19-17-24)32(41)28-11-6-8-23(2)36-28/h6-15,20-21,24,31,35H,16-19H2,1-5H3,(H2,37,38,42). The lowest BCUT2D eigenvalue weighted by molar-refractivity contribution is 0.0911. The van der Waals surface area contributed by atoms with Crippen molar-refractivity contribution in [3.05, 3.63) is 101 Å². The van der Waals surface area contributed by atoms with Gasteiger partial charge in [0, 0.05) is 22.9 Å². The van der Waals surface area contributed by atoms with E-state index in [-0.39, 0.29) is 29.1 Å². The van der Waals surface area contributed by atoms with Crippen LogP contribution in [0.5, 0.6) is 0 Å². The van der Waals surface area contributed by atoms with Gasteiger partial charge < -0.3 is 10.6 Å². The number of Topliss-reactive ketones (excluding diaryl/α,β-unsaturated/α-hetero) is 1. The molecule has 1 aliphatic rings. The summed E-state index contributed by atoms with van der Waals surface area (Å²) in [6.45, 7) is 12.0. The number of rotatable bonds is 7. The van der Waals surface area contributed by atoms with E-state index in [1.54, 1.807) is 10.7 Å². The normalized spacial score (nSPS) is 14.8. The van der Waals surface area contributed by atoms with E-state index >= 15 is 0 Å². The van der Waals surface area contributed by atoms with Gasteiger partial charge in [-0.2, -0.15) is 5.10 Å². The molecule has 5 rings (SSSR count). The first-order valence-corrected chi connectivity index (χ1v) is 14.6. The van der Waals surface area contributed by atoms with E-state index in [1.807, 2.05) is 80.6 Å². The lowest BCUT2D eigenvalue weighted by Gasteiger charge is -2.30. The SMILES string of the molecule is Cc1ccc(-n2nc(C(C)(C)C)cc2NC(=O)Nc2cccc(C(C(=O)c3cccc(C)n3)C3CCNCC3)c2)cc1. The van der Waals surface area contributed by atoms with Crippen LogP contribution in [0.2, 0.25) is 0 Å². The van der Waals surface area contributed by atoms with Crippen molar-refractivity contribution in [2.45, 2.75) is 58.8 Å². The van der Waals surface area contributed by atoms with Gasteiger partial charge in [-0.3, -0.25) is 15.1 Å². The van der Waals surface area contributed by atoms with Gasteiger partial charge in [-0.1, -0.05) is 56.7 Å². The summed E-state index contributed by atoms with van der Waals surface area (Å²) in [6.07, 6.45) is 1.80. The monoisotopic (exact) mass is 564 g/mol. The molecule has 1 unspecified atom stereocenters. The summed E-state index contributed by atoms with van der Waals surface area (Å²) in [5, 5.41) is 14.2. The number of nitrogens with zero attached hydrogens (tertiary/aromatic N) is 3. The van der Waals surface area contributed by atoms with Crippen LogP contribution in [0.15, 0.2) is 72.8 Å². The van der Waals surface area contributed by atoms with E-state index in [4.69, 9.17) is 5.10 Å². The molecule has 3 N–H and O–H groups in total. The van der Waals surface area contributed by atoms with Crippen LogP contribution in [0.25, 0.3) is 5.69 Å². The Morgan fingerprint density at radius 2 is 1.64 bits per heavy atom. The van der Waals surface area contributed by atoms with Gasteiger partial charge in [0.2, 0.25) is 0 Å². The number of benzene rings is 2. The van der Waals surface area contributed by atoms with Crippen LogP contribution in [-0.2, 0) is 5.41 Å². The van der Waals surface area contributed by atoms with Crippen LogP contribution in [0, 0.1) is 19.8 Å². The molecule has 0 saturated carbocycles. The van der Waals surface area contributed by atoms with Crippen molar-refractivity contribution in [3.63, 3.8) is 0 Å². The van der Waals surface area contributed by atoms with Gasteiger partial charge >= 0.3 is 6.03 Å². The van der Waals surface area contributed by atoms with Gasteiger partial charge in [0.05, 0.1) is 17.3 Å². The second-order valence-corrected chi connectivity index (χ2v) is 12.2. The fraction of sp³-hybridized carbons (Fsp3) is 0.353. The minimum atomic E-state index is -0.383. The largest absolute Gasteiger partial charge is 0.324 e. The summed E-state index contributed by atoms with van der Waals surface area (Å²) in [4.78, 5) is 31.7. The third-order valence-electron chi connectivity index (χ3n) is 7.78. The molecule has 1 aliphatic heterocycles. The zero-order valence-corrected chi connectivity index (χ0v) is 25.1. The Morgan fingerprint density at radius 3 is 2.33 bits per heavy atom. The Morgan fingerprint density at radius 1 is 0.929 bits per heavy atom. The van der Waals surface area contributed by atoms with Crippen molar-refractivity contribution in [3.8, 4) is 5.69 Å². The third kappa shape index (κ3) is 6.77. The van der Waals surface area contributed by atoms with Crippen LogP contribution >= 0.6 is 0 Å². The van der Waals surface area contributed by atoms with Gasteiger partial charge in [0.25, 0.3) is 0 Å². The average Bonchev–Trinajstić information content (AvgIpc) is 3.38. The number of piperidine rings is 1. The van der Waals surface area contributed by atoms with Gasteiger partial charge in [0.15, 0.2) is 5.78 Å². The molecule has 3 heterocycles. The summed E-state index contributed by atoms with van der Waals surface area (Å²) in [7, 11) is 0. The van der Waals surface area contributed by atoms with E-state index in [2.05, 4.69) is 41.7 Å². The lowest BCUT2D eigenvalue weighted by Crippen LogP contribution is -2.34. The maximum absolute atomic E-state index is 13.9. The number of carbonyl (C=O) groups is 2. The molecule has 1 fully saturated rings. The minimum absolute atomic E-state index is 0.0175. The highest BCUT2D eigenvalue weighted by molar-refractivity contribution is 6.01. The molecule has 42 heavy (non-hydrogen) atoms. The minimum Gasteiger partial charge on any atom is -0.317 e. The van der Waals surface area contributed by atoms with E-state index in [1.165, 1.54) is 0 Å². The van der Waals surface area contributed by atoms with Crippen LogP contribution in [0.3, 0.4) is 0 Å². The molecule has 4 aromatic rings. The first-order chi connectivity index (χ1) is 20.1. The predicted octanol–water partition coefficient (Wildman–Crippen LogP) is 6.79. The highest BCUT2D eigenvalue weighted by Gasteiger charge is 2.32. The fourth-order valence-electron chi connectivity index (χ4n) is 5.46. The van der Waals surface area contributed by atoms with E-state index < -0.39 is 0 Å². The summed E-state index contributed by atoms with van der Waals surface area (Å²) >= 11 is 0. The Balaban J connectivity index is 1.40. The van der Waals surface area contributed by atoms with Gasteiger partial charge in [-0.05, 0) is 87.7 Å². The quantitative estimate of drug-likeness (QED) is 0.215.